The fourth-order valence-electron chi connectivity index (χ4n) is 1.80. The summed E-state index contributed by atoms with van der Waals surface area (Å²) in [4.78, 5) is 34.3. The van der Waals surface area contributed by atoms with Crippen LogP contribution in [0, 0.1) is 5.41 Å². The van der Waals surface area contributed by atoms with Gasteiger partial charge >= 0.3 is 5.97 Å². The maximum atomic E-state index is 11.7. The average molecular weight is 272 g/mol. The Morgan fingerprint density at radius 1 is 1.11 bits per heavy atom. The van der Waals surface area contributed by atoms with Crippen LogP contribution < -0.4 is 10.6 Å². The molecule has 0 aromatic rings. The van der Waals surface area contributed by atoms with E-state index in [1.165, 1.54) is 0 Å². The minimum Gasteiger partial charge on any atom is -0.481 e. The standard InChI is InChI=1S/C13H24N2O4/c1-5-13(6-2,12(18)19)7-10(16)14-8-11(17)15-9(3)4/h9H,5-8H2,1-4H3,(H,14,16)(H,15,17)(H,18,19). The quantitative estimate of drug-likeness (QED) is 0.612. The number of carbonyl (C=O) groups is 3. The van der Waals surface area contributed by atoms with Crippen LogP contribution in [0.15, 0.2) is 0 Å². The van der Waals surface area contributed by atoms with Crippen molar-refractivity contribution < 1.29 is 19.5 Å². The molecule has 6 nitrogen and oxygen atoms in total. The largest absolute Gasteiger partial charge is 0.481 e. The van der Waals surface area contributed by atoms with Crippen LogP contribution in [0.4, 0.5) is 0 Å². The average Bonchev–Trinajstić information content (AvgIpc) is 2.32. The first-order valence-corrected chi connectivity index (χ1v) is 6.56. The van der Waals surface area contributed by atoms with Gasteiger partial charge in [0.05, 0.1) is 12.0 Å². The fourth-order valence-corrected chi connectivity index (χ4v) is 1.80. The molecule has 0 aliphatic rings. The van der Waals surface area contributed by atoms with Crippen LogP contribution >= 0.6 is 0 Å². The number of carbonyl (C=O) groups excluding carboxylic acids is 2. The number of aliphatic carboxylic acids is 1. The Morgan fingerprint density at radius 2 is 1.63 bits per heavy atom. The van der Waals surface area contributed by atoms with E-state index in [-0.39, 0.29) is 24.9 Å². The van der Waals surface area contributed by atoms with E-state index in [1.54, 1.807) is 13.8 Å². The van der Waals surface area contributed by atoms with E-state index in [0.29, 0.717) is 12.8 Å². The van der Waals surface area contributed by atoms with Crippen molar-refractivity contribution >= 4 is 17.8 Å². The Labute approximate surface area is 113 Å². The van der Waals surface area contributed by atoms with Crippen molar-refractivity contribution in [3.63, 3.8) is 0 Å². The lowest BCUT2D eigenvalue weighted by Crippen LogP contribution is -2.42. The molecule has 0 aliphatic heterocycles. The Balaban J connectivity index is 4.37. The zero-order chi connectivity index (χ0) is 15.1. The molecule has 0 spiro atoms. The van der Waals surface area contributed by atoms with Gasteiger partial charge in [-0.1, -0.05) is 13.8 Å². The summed E-state index contributed by atoms with van der Waals surface area (Å²) in [7, 11) is 0. The topological polar surface area (TPSA) is 95.5 Å². The van der Waals surface area contributed by atoms with Crippen molar-refractivity contribution in [1.29, 1.82) is 0 Å². The van der Waals surface area contributed by atoms with Gasteiger partial charge in [0, 0.05) is 12.5 Å². The molecule has 0 bridgehead atoms. The van der Waals surface area contributed by atoms with Gasteiger partial charge in [-0.05, 0) is 26.7 Å². The van der Waals surface area contributed by atoms with Crippen LogP contribution in [-0.4, -0.2) is 35.5 Å². The van der Waals surface area contributed by atoms with Crippen LogP contribution in [0.5, 0.6) is 0 Å². The summed E-state index contributed by atoms with van der Waals surface area (Å²) in [5.74, 6) is -1.67. The zero-order valence-electron chi connectivity index (χ0n) is 12.1. The van der Waals surface area contributed by atoms with Crippen molar-refractivity contribution in [2.45, 2.75) is 53.0 Å². The molecule has 19 heavy (non-hydrogen) atoms. The summed E-state index contributed by atoms with van der Waals surface area (Å²) < 4.78 is 0. The van der Waals surface area contributed by atoms with E-state index in [9.17, 15) is 19.5 Å². The number of carboxylic acids is 1. The molecule has 0 aliphatic carbocycles. The van der Waals surface area contributed by atoms with Crippen LogP contribution in [0.1, 0.15) is 47.0 Å². The summed E-state index contributed by atoms with van der Waals surface area (Å²) in [6, 6.07) is 0.00814. The van der Waals surface area contributed by atoms with E-state index in [2.05, 4.69) is 10.6 Å². The van der Waals surface area contributed by atoms with Gasteiger partial charge < -0.3 is 15.7 Å². The molecule has 110 valence electrons. The molecule has 0 aromatic carbocycles. The lowest BCUT2D eigenvalue weighted by Gasteiger charge is -2.25. The van der Waals surface area contributed by atoms with E-state index in [0.717, 1.165) is 0 Å². The highest BCUT2D eigenvalue weighted by atomic mass is 16.4. The normalized spacial score (nSPS) is 11.2. The van der Waals surface area contributed by atoms with Gasteiger partial charge in [0.2, 0.25) is 11.8 Å². The van der Waals surface area contributed by atoms with Crippen LogP contribution in [0.3, 0.4) is 0 Å². The minimum absolute atomic E-state index is 0.00814. The predicted molar refractivity (Wildman–Crippen MR) is 71.6 cm³/mol. The number of rotatable bonds is 8. The Bertz CT molecular complexity index is 336. The second kappa shape index (κ2) is 7.76. The summed E-state index contributed by atoms with van der Waals surface area (Å²) >= 11 is 0. The molecule has 0 aromatic heterocycles. The first-order valence-electron chi connectivity index (χ1n) is 6.56. The third kappa shape index (κ3) is 5.72. The van der Waals surface area contributed by atoms with Gasteiger partial charge in [0.15, 0.2) is 0 Å². The highest BCUT2D eigenvalue weighted by Crippen LogP contribution is 2.30. The number of amides is 2. The summed E-state index contributed by atoms with van der Waals surface area (Å²) in [6.07, 6.45) is 0.652. The minimum atomic E-state index is -1.04. The number of carboxylic acid groups (broad SMARTS) is 1. The molecule has 0 radical (unpaired) electrons. The van der Waals surface area contributed by atoms with Gasteiger partial charge in [0.25, 0.3) is 0 Å². The van der Waals surface area contributed by atoms with Gasteiger partial charge in [-0.2, -0.15) is 0 Å². The molecule has 0 unspecified atom stereocenters. The predicted octanol–water partition coefficient (Wildman–Crippen LogP) is 0.908. The van der Waals surface area contributed by atoms with Crippen molar-refractivity contribution in [3.8, 4) is 0 Å². The molecule has 0 saturated heterocycles. The molecule has 2 amide bonds. The lowest BCUT2D eigenvalue weighted by atomic mass is 9.79. The van der Waals surface area contributed by atoms with Crippen molar-refractivity contribution in [3.05, 3.63) is 0 Å². The first kappa shape index (κ1) is 17.4. The first-order chi connectivity index (χ1) is 8.77. The molecular formula is C13H24N2O4. The third-order valence-corrected chi connectivity index (χ3v) is 3.20. The second-order valence-corrected chi connectivity index (χ2v) is 4.97. The van der Waals surface area contributed by atoms with Crippen LogP contribution in [0.2, 0.25) is 0 Å². The second-order valence-electron chi connectivity index (χ2n) is 4.97. The number of hydrogen-bond donors (Lipinski definition) is 3. The molecule has 6 heteroatoms. The molecule has 0 heterocycles. The SMILES string of the molecule is CCC(CC)(CC(=O)NCC(=O)NC(C)C)C(=O)O. The van der Waals surface area contributed by atoms with Gasteiger partial charge in [-0.15, -0.1) is 0 Å². The highest BCUT2D eigenvalue weighted by Gasteiger charge is 2.37. The summed E-state index contributed by atoms with van der Waals surface area (Å²) in [5, 5.41) is 14.3. The molecular weight excluding hydrogens is 248 g/mol. The molecule has 0 rings (SSSR count). The Morgan fingerprint density at radius 3 is 2.00 bits per heavy atom. The zero-order valence-corrected chi connectivity index (χ0v) is 12.1. The van der Waals surface area contributed by atoms with Gasteiger partial charge in [-0.3, -0.25) is 14.4 Å². The molecule has 0 saturated carbocycles. The van der Waals surface area contributed by atoms with E-state index in [4.69, 9.17) is 0 Å². The number of nitrogens with one attached hydrogen (secondary N) is 2. The van der Waals surface area contributed by atoms with Crippen molar-refractivity contribution in [2.75, 3.05) is 6.54 Å². The number of hydrogen-bond acceptors (Lipinski definition) is 3. The van der Waals surface area contributed by atoms with Crippen molar-refractivity contribution in [2.24, 2.45) is 5.41 Å². The Hall–Kier alpha value is -1.59. The van der Waals surface area contributed by atoms with Gasteiger partial charge in [0.1, 0.15) is 0 Å². The van der Waals surface area contributed by atoms with E-state index < -0.39 is 17.3 Å². The highest BCUT2D eigenvalue weighted by molar-refractivity contribution is 5.88. The van der Waals surface area contributed by atoms with E-state index in [1.807, 2.05) is 13.8 Å². The fraction of sp³-hybridized carbons (Fsp3) is 0.769. The summed E-state index contributed by atoms with van der Waals surface area (Å²) in [6.45, 7) is 7.01. The lowest BCUT2D eigenvalue weighted by molar-refractivity contribution is -0.152. The third-order valence-electron chi connectivity index (χ3n) is 3.20. The van der Waals surface area contributed by atoms with E-state index >= 15 is 0 Å². The molecule has 0 fully saturated rings. The molecule has 3 N–H and O–H groups in total. The maximum Gasteiger partial charge on any atom is 0.310 e. The monoisotopic (exact) mass is 272 g/mol. The smallest absolute Gasteiger partial charge is 0.310 e. The van der Waals surface area contributed by atoms with Gasteiger partial charge in [-0.25, -0.2) is 0 Å². The van der Waals surface area contributed by atoms with Crippen LogP contribution in [0.25, 0.3) is 0 Å². The Kier molecular flexibility index (Phi) is 7.11. The molecule has 0 atom stereocenters. The van der Waals surface area contributed by atoms with Crippen LogP contribution in [-0.2, 0) is 14.4 Å². The maximum absolute atomic E-state index is 11.7. The van der Waals surface area contributed by atoms with Crippen molar-refractivity contribution in [1.82, 2.24) is 10.6 Å². The summed E-state index contributed by atoms with van der Waals surface area (Å²) in [5.41, 5.74) is -1.04.